The highest BCUT2D eigenvalue weighted by Crippen LogP contribution is 2.12. The minimum absolute atomic E-state index is 0.229. The van der Waals surface area contributed by atoms with Gasteiger partial charge in [0.1, 0.15) is 5.75 Å². The lowest BCUT2D eigenvalue weighted by atomic mass is 10.1. The van der Waals surface area contributed by atoms with Crippen molar-refractivity contribution in [2.24, 2.45) is 0 Å². The molecular weight excluding hydrogens is 256 g/mol. The van der Waals surface area contributed by atoms with Crippen molar-refractivity contribution in [1.29, 1.82) is 0 Å². The van der Waals surface area contributed by atoms with Gasteiger partial charge in [-0.1, -0.05) is 30.3 Å². The molecule has 0 amide bonds. The quantitative estimate of drug-likeness (QED) is 0.619. The van der Waals surface area contributed by atoms with Crippen LogP contribution in [0.4, 0.5) is 0 Å². The van der Waals surface area contributed by atoms with Gasteiger partial charge in [0.25, 0.3) is 0 Å². The molecule has 2 aromatic rings. The molecule has 0 N–H and O–H groups in total. The maximum Gasteiger partial charge on any atom is 0.338 e. The fourth-order valence-electron chi connectivity index (χ4n) is 1.65. The summed E-state index contributed by atoms with van der Waals surface area (Å²) in [6, 6.07) is 15.2. The van der Waals surface area contributed by atoms with Gasteiger partial charge in [-0.05, 0) is 24.3 Å². The SMILES string of the molecule is COc1ccc(C(=O)OCC(=O)c2ccccc2)cc1. The monoisotopic (exact) mass is 270 g/mol. The minimum atomic E-state index is -0.531. The zero-order valence-corrected chi connectivity index (χ0v) is 11.0. The van der Waals surface area contributed by atoms with E-state index in [0.29, 0.717) is 16.9 Å². The maximum absolute atomic E-state index is 11.8. The van der Waals surface area contributed by atoms with Crippen molar-refractivity contribution >= 4 is 11.8 Å². The number of carbonyl (C=O) groups excluding carboxylic acids is 2. The molecule has 4 heteroatoms. The Labute approximate surface area is 116 Å². The van der Waals surface area contributed by atoms with E-state index in [1.54, 1.807) is 55.6 Å². The summed E-state index contributed by atoms with van der Waals surface area (Å²) >= 11 is 0. The van der Waals surface area contributed by atoms with Crippen LogP contribution in [-0.4, -0.2) is 25.5 Å². The summed E-state index contributed by atoms with van der Waals surface area (Å²) in [5, 5.41) is 0. The second-order valence-corrected chi connectivity index (χ2v) is 4.09. The minimum Gasteiger partial charge on any atom is -0.497 e. The Morgan fingerprint density at radius 1 is 0.900 bits per heavy atom. The zero-order valence-electron chi connectivity index (χ0n) is 11.0. The van der Waals surface area contributed by atoms with E-state index in [-0.39, 0.29) is 12.4 Å². The van der Waals surface area contributed by atoms with E-state index >= 15 is 0 Å². The molecule has 2 aromatic carbocycles. The summed E-state index contributed by atoms with van der Waals surface area (Å²) in [5.74, 6) is -0.105. The molecule has 0 aliphatic rings. The van der Waals surface area contributed by atoms with Crippen LogP contribution in [0.3, 0.4) is 0 Å². The van der Waals surface area contributed by atoms with Gasteiger partial charge in [-0.3, -0.25) is 4.79 Å². The molecule has 0 unspecified atom stereocenters. The van der Waals surface area contributed by atoms with Crippen LogP contribution in [0.1, 0.15) is 20.7 Å². The van der Waals surface area contributed by atoms with Crippen molar-refractivity contribution in [3.63, 3.8) is 0 Å². The number of carbonyl (C=O) groups is 2. The Morgan fingerprint density at radius 3 is 2.15 bits per heavy atom. The number of hydrogen-bond donors (Lipinski definition) is 0. The van der Waals surface area contributed by atoms with Crippen LogP contribution in [0.25, 0.3) is 0 Å². The van der Waals surface area contributed by atoms with E-state index < -0.39 is 5.97 Å². The number of hydrogen-bond acceptors (Lipinski definition) is 4. The van der Waals surface area contributed by atoms with Gasteiger partial charge in [0.2, 0.25) is 0 Å². The third-order valence-electron chi connectivity index (χ3n) is 2.76. The summed E-state index contributed by atoms with van der Waals surface area (Å²) in [6.45, 7) is -0.269. The van der Waals surface area contributed by atoms with E-state index in [1.807, 2.05) is 6.07 Å². The molecule has 0 saturated carbocycles. The standard InChI is InChI=1S/C16H14O4/c1-19-14-9-7-13(8-10-14)16(18)20-11-15(17)12-5-3-2-4-6-12/h2-10H,11H2,1H3. The van der Waals surface area contributed by atoms with Crippen LogP contribution in [0.15, 0.2) is 54.6 Å². The predicted octanol–water partition coefficient (Wildman–Crippen LogP) is 2.73. The fourth-order valence-corrected chi connectivity index (χ4v) is 1.65. The topological polar surface area (TPSA) is 52.6 Å². The van der Waals surface area contributed by atoms with Crippen molar-refractivity contribution in [2.75, 3.05) is 13.7 Å². The first-order chi connectivity index (χ1) is 9.70. The summed E-state index contributed by atoms with van der Waals surface area (Å²) in [7, 11) is 1.55. The van der Waals surface area contributed by atoms with E-state index in [9.17, 15) is 9.59 Å². The second kappa shape index (κ2) is 6.52. The van der Waals surface area contributed by atoms with Crippen LogP contribution in [-0.2, 0) is 4.74 Å². The zero-order chi connectivity index (χ0) is 14.4. The molecule has 0 saturated heterocycles. The maximum atomic E-state index is 11.8. The molecule has 0 heterocycles. The predicted molar refractivity (Wildman–Crippen MR) is 74.0 cm³/mol. The van der Waals surface area contributed by atoms with E-state index in [4.69, 9.17) is 9.47 Å². The molecule has 0 aromatic heterocycles. The van der Waals surface area contributed by atoms with Gasteiger partial charge in [0, 0.05) is 5.56 Å². The molecule has 102 valence electrons. The average Bonchev–Trinajstić information content (AvgIpc) is 2.53. The molecule has 0 bridgehead atoms. The molecule has 0 fully saturated rings. The molecule has 2 rings (SSSR count). The third-order valence-corrected chi connectivity index (χ3v) is 2.76. The van der Waals surface area contributed by atoms with Gasteiger partial charge in [-0.15, -0.1) is 0 Å². The second-order valence-electron chi connectivity index (χ2n) is 4.09. The lowest BCUT2D eigenvalue weighted by Gasteiger charge is -2.05. The van der Waals surface area contributed by atoms with Gasteiger partial charge in [-0.25, -0.2) is 4.79 Å². The Morgan fingerprint density at radius 2 is 1.55 bits per heavy atom. The van der Waals surface area contributed by atoms with Crippen molar-refractivity contribution in [2.45, 2.75) is 0 Å². The van der Waals surface area contributed by atoms with Crippen molar-refractivity contribution in [3.05, 3.63) is 65.7 Å². The molecule has 0 radical (unpaired) electrons. The van der Waals surface area contributed by atoms with Crippen LogP contribution in [0.2, 0.25) is 0 Å². The molecule has 0 aliphatic carbocycles. The summed E-state index contributed by atoms with van der Waals surface area (Å²) in [5.41, 5.74) is 0.904. The van der Waals surface area contributed by atoms with Crippen LogP contribution in [0.5, 0.6) is 5.75 Å². The van der Waals surface area contributed by atoms with Crippen molar-refractivity contribution < 1.29 is 19.1 Å². The first kappa shape index (κ1) is 13.8. The Hall–Kier alpha value is -2.62. The van der Waals surface area contributed by atoms with Crippen LogP contribution >= 0.6 is 0 Å². The van der Waals surface area contributed by atoms with Gasteiger partial charge < -0.3 is 9.47 Å². The normalized spacial score (nSPS) is 9.85. The van der Waals surface area contributed by atoms with Gasteiger partial charge in [0.15, 0.2) is 12.4 Å². The van der Waals surface area contributed by atoms with Gasteiger partial charge in [-0.2, -0.15) is 0 Å². The Balaban J connectivity index is 1.93. The molecule has 20 heavy (non-hydrogen) atoms. The van der Waals surface area contributed by atoms with Gasteiger partial charge >= 0.3 is 5.97 Å². The number of benzene rings is 2. The molecule has 4 nitrogen and oxygen atoms in total. The highest BCUT2D eigenvalue weighted by molar-refractivity contribution is 5.99. The summed E-state index contributed by atoms with van der Waals surface area (Å²) in [4.78, 5) is 23.5. The number of Topliss-reactive ketones (excluding diaryl/α,β-unsaturated/α-hetero) is 1. The first-order valence-corrected chi connectivity index (χ1v) is 6.10. The van der Waals surface area contributed by atoms with Gasteiger partial charge in [0.05, 0.1) is 12.7 Å². The lowest BCUT2D eigenvalue weighted by molar-refractivity contribution is 0.0474. The smallest absolute Gasteiger partial charge is 0.338 e. The largest absolute Gasteiger partial charge is 0.497 e. The summed E-state index contributed by atoms with van der Waals surface area (Å²) < 4.78 is 9.99. The molecule has 0 aliphatic heterocycles. The average molecular weight is 270 g/mol. The lowest BCUT2D eigenvalue weighted by Crippen LogP contribution is -2.14. The van der Waals surface area contributed by atoms with E-state index in [0.717, 1.165) is 0 Å². The highest BCUT2D eigenvalue weighted by Gasteiger charge is 2.11. The number of esters is 1. The number of ether oxygens (including phenoxy) is 2. The van der Waals surface area contributed by atoms with E-state index in [1.165, 1.54) is 0 Å². The molecule has 0 spiro atoms. The molecule has 0 atom stereocenters. The number of rotatable bonds is 5. The number of ketones is 1. The van der Waals surface area contributed by atoms with E-state index in [2.05, 4.69) is 0 Å². The highest BCUT2D eigenvalue weighted by atomic mass is 16.5. The molecular formula is C16H14O4. The first-order valence-electron chi connectivity index (χ1n) is 6.10. The van der Waals surface area contributed by atoms with Crippen molar-refractivity contribution in [1.82, 2.24) is 0 Å². The van der Waals surface area contributed by atoms with Crippen LogP contribution in [0, 0.1) is 0 Å². The third kappa shape index (κ3) is 3.45. The number of methoxy groups -OCH3 is 1. The summed E-state index contributed by atoms with van der Waals surface area (Å²) in [6.07, 6.45) is 0. The van der Waals surface area contributed by atoms with Crippen molar-refractivity contribution in [3.8, 4) is 5.75 Å². The fraction of sp³-hybridized carbons (Fsp3) is 0.125. The van der Waals surface area contributed by atoms with Crippen LogP contribution < -0.4 is 4.74 Å². The Bertz CT molecular complexity index is 588. The Kier molecular flexibility index (Phi) is 4.50.